The summed E-state index contributed by atoms with van der Waals surface area (Å²) < 4.78 is 19.2. The standard InChI is InChI=1S/C41H35N2OPS.Os/c1-6-17-38-29(3)30(4)39(41-40(38)42-46-43-41)25-24-33(26-34-28-44-27-32(34)7-2)31(5)45(35-18-11-8-12-19-35,36-20-13-9-14-21-36)37-22-15-10-16-23-37;/h6-23,26H,27-28H2,1-4H3;/q+1;/b17-6+,32-7?,33-31?,34-26?;. The molecule has 0 N–H and O–H groups in total. The van der Waals surface area contributed by atoms with E-state index in [1.54, 1.807) is 17.9 Å². The molecule has 0 amide bonds. The van der Waals surface area contributed by atoms with Crippen LogP contribution >= 0.6 is 19.0 Å². The Balaban J connectivity index is 1.75. The van der Waals surface area contributed by atoms with Gasteiger partial charge in [0.2, 0.25) is 0 Å². The quantitative estimate of drug-likeness (QED) is 0.128. The van der Waals surface area contributed by atoms with Gasteiger partial charge in [0.15, 0.2) is 0 Å². The molecule has 0 bridgehead atoms. The van der Waals surface area contributed by atoms with E-state index in [9.17, 15) is 0 Å². The van der Waals surface area contributed by atoms with Crippen molar-refractivity contribution in [2.75, 3.05) is 13.2 Å². The van der Waals surface area contributed by atoms with E-state index in [2.05, 4.69) is 152 Å². The predicted octanol–water partition coefficient (Wildman–Crippen LogP) is 8.35. The van der Waals surface area contributed by atoms with Crippen molar-refractivity contribution in [2.45, 2.75) is 27.7 Å². The van der Waals surface area contributed by atoms with E-state index in [1.165, 1.54) is 38.8 Å². The van der Waals surface area contributed by atoms with Crippen LogP contribution in [0.4, 0.5) is 0 Å². The second kappa shape index (κ2) is 14.8. The van der Waals surface area contributed by atoms with Gasteiger partial charge in [0.1, 0.15) is 0 Å². The second-order valence-corrected chi connectivity index (χ2v) is 15.8. The molecule has 233 valence electrons. The zero-order valence-electron chi connectivity index (χ0n) is 26.9. The van der Waals surface area contributed by atoms with Gasteiger partial charge in [-0.3, -0.25) is 0 Å². The average Bonchev–Trinajstić information content (AvgIpc) is 3.79. The fourth-order valence-electron chi connectivity index (χ4n) is 6.20. The first-order chi connectivity index (χ1) is 23.0. The van der Waals surface area contributed by atoms with Gasteiger partial charge >= 0.3 is 294 Å². The number of ether oxygens (including phenoxy) is 1. The number of hydrogen-bond donors (Lipinski definition) is 0. The molecule has 1 aliphatic rings. The molecule has 0 saturated carbocycles. The van der Waals surface area contributed by atoms with Gasteiger partial charge in [0, 0.05) is 0 Å². The summed E-state index contributed by atoms with van der Waals surface area (Å²) in [5.74, 6) is 7.38. The predicted molar refractivity (Wildman–Crippen MR) is 197 cm³/mol. The summed E-state index contributed by atoms with van der Waals surface area (Å²) in [4.78, 5) is 0. The van der Waals surface area contributed by atoms with Gasteiger partial charge in [-0.05, 0) is 0 Å². The van der Waals surface area contributed by atoms with Crippen LogP contribution in [0, 0.1) is 30.1 Å². The molecule has 5 aromatic rings. The summed E-state index contributed by atoms with van der Waals surface area (Å²) >= 11 is 3.01. The first-order valence-corrected chi connectivity index (χ1v) is 19.3. The van der Waals surface area contributed by atoms with E-state index < -0.39 is 7.26 Å². The molecule has 0 radical (unpaired) electrons. The first-order valence-electron chi connectivity index (χ1n) is 15.5. The van der Waals surface area contributed by atoms with Gasteiger partial charge in [-0.2, -0.15) is 0 Å². The van der Waals surface area contributed by atoms with Crippen LogP contribution in [-0.2, 0) is 22.7 Å². The maximum atomic E-state index is 5.96. The first kappa shape index (κ1) is 32.9. The fraction of sp³-hybridized carbons (Fsp3) is 0.146. The van der Waals surface area contributed by atoms with Gasteiger partial charge in [-0.15, -0.1) is 0 Å². The Kier molecular flexibility index (Phi) is 10.4. The Morgan fingerprint density at radius 2 is 1.34 bits per heavy atom. The molecule has 1 fully saturated rings. The molecule has 6 heteroatoms. The molecule has 1 saturated heterocycles. The third kappa shape index (κ3) is 6.22. The van der Waals surface area contributed by atoms with Gasteiger partial charge < -0.3 is 0 Å². The molecule has 47 heavy (non-hydrogen) atoms. The number of nitrogens with zero attached hydrogens (tertiary/aromatic N) is 2. The van der Waals surface area contributed by atoms with Gasteiger partial charge in [-0.25, -0.2) is 0 Å². The summed E-state index contributed by atoms with van der Waals surface area (Å²) in [6.45, 7) is 9.56. The zero-order valence-corrected chi connectivity index (χ0v) is 31.1. The Bertz CT molecular complexity index is 2070. The summed E-state index contributed by atoms with van der Waals surface area (Å²) in [5.41, 5.74) is 9.37. The molecule has 0 atom stereocenters. The molecule has 6 rings (SSSR count). The number of rotatable bonds is 6. The van der Waals surface area contributed by atoms with Gasteiger partial charge in [-0.1, -0.05) is 0 Å². The van der Waals surface area contributed by atoms with E-state index in [0.717, 1.165) is 44.2 Å². The number of fused-ring (bicyclic) bond motifs is 1. The van der Waals surface area contributed by atoms with Crippen molar-refractivity contribution in [3.8, 4) is 16.2 Å². The van der Waals surface area contributed by atoms with Crippen molar-refractivity contribution in [1.29, 1.82) is 0 Å². The molecular formula is C41H35N2OOsPS+. The van der Waals surface area contributed by atoms with Crippen molar-refractivity contribution in [3.63, 3.8) is 0 Å². The normalized spacial score (nSPS) is 15.6. The van der Waals surface area contributed by atoms with E-state index >= 15 is 0 Å². The molecule has 1 aliphatic heterocycles. The van der Waals surface area contributed by atoms with Crippen LogP contribution in [0.15, 0.2) is 131 Å². The van der Waals surface area contributed by atoms with Crippen LogP contribution in [0.3, 0.4) is 0 Å². The maximum absolute atomic E-state index is 5.96. The van der Waals surface area contributed by atoms with Crippen LogP contribution < -0.4 is 15.9 Å². The van der Waals surface area contributed by atoms with Crippen LogP contribution in [-0.4, -0.2) is 22.0 Å². The Labute approximate surface area is 292 Å². The van der Waals surface area contributed by atoms with Crippen LogP contribution in [0.5, 0.6) is 0 Å². The average molecular weight is 825 g/mol. The van der Waals surface area contributed by atoms with E-state index in [1.807, 2.05) is 6.92 Å². The summed E-state index contributed by atoms with van der Waals surface area (Å²) in [6.07, 6.45) is 8.58. The van der Waals surface area contributed by atoms with Crippen molar-refractivity contribution in [2.24, 2.45) is 0 Å². The number of hydrogen-bond acceptors (Lipinski definition) is 4. The third-order valence-electron chi connectivity index (χ3n) is 8.68. The SMILES string of the molecule is CC=C1COCC1=CC(C#Cc1c(C)c(C)c(/C=C/C)c2nsnc12)=C([C]#[Os])[P+](c1ccccc1)(c1ccccc1)c1ccccc1. The van der Waals surface area contributed by atoms with Crippen molar-refractivity contribution in [1.82, 2.24) is 8.75 Å². The van der Waals surface area contributed by atoms with Crippen molar-refractivity contribution >= 4 is 52.0 Å². The molecule has 3 nitrogen and oxygen atoms in total. The van der Waals surface area contributed by atoms with Gasteiger partial charge in [0.05, 0.1) is 0 Å². The monoisotopic (exact) mass is 826 g/mol. The van der Waals surface area contributed by atoms with E-state index in [-0.39, 0.29) is 0 Å². The van der Waals surface area contributed by atoms with E-state index in [4.69, 9.17) is 13.5 Å². The summed E-state index contributed by atoms with van der Waals surface area (Å²) in [7, 11) is -2.47. The number of aromatic nitrogens is 2. The number of benzene rings is 4. The molecule has 0 unspecified atom stereocenters. The minimum absolute atomic E-state index is 0.550. The van der Waals surface area contributed by atoms with Crippen molar-refractivity contribution in [3.05, 3.63) is 154 Å². The molecule has 4 aromatic carbocycles. The summed E-state index contributed by atoms with van der Waals surface area (Å²) in [6, 6.07) is 32.7. The van der Waals surface area contributed by atoms with Crippen LogP contribution in [0.25, 0.3) is 17.1 Å². The topological polar surface area (TPSA) is 35.0 Å². The molecule has 0 spiro atoms. The molecule has 1 aromatic heterocycles. The minimum atomic E-state index is -2.47. The van der Waals surface area contributed by atoms with Crippen LogP contribution in [0.1, 0.15) is 36.1 Å². The van der Waals surface area contributed by atoms with Crippen molar-refractivity contribution < 1.29 is 22.7 Å². The molecular weight excluding hydrogens is 790 g/mol. The summed E-state index contributed by atoms with van der Waals surface area (Å²) in [5, 5.41) is 4.88. The second-order valence-electron chi connectivity index (χ2n) is 11.3. The molecule has 2 heterocycles. The number of allylic oxidation sites excluding steroid dienone is 5. The fourth-order valence-corrected chi connectivity index (χ4v) is 12.5. The Morgan fingerprint density at radius 1 is 0.787 bits per heavy atom. The van der Waals surface area contributed by atoms with E-state index in [0.29, 0.717) is 13.2 Å². The third-order valence-corrected chi connectivity index (χ3v) is 14.6. The Hall–Kier alpha value is -3.97. The van der Waals surface area contributed by atoms with Crippen LogP contribution in [0.2, 0.25) is 0 Å². The zero-order chi connectivity index (χ0) is 32.8. The molecule has 0 aliphatic carbocycles. The van der Waals surface area contributed by atoms with Gasteiger partial charge in [0.25, 0.3) is 0 Å². The Morgan fingerprint density at radius 3 is 1.87 bits per heavy atom.